The van der Waals surface area contributed by atoms with Crippen molar-refractivity contribution in [2.24, 2.45) is 0 Å². The molecular formula is C20H21NO4. The minimum Gasteiger partial charge on any atom is -0.491 e. The minimum absolute atomic E-state index is 0.000941. The fraction of sp³-hybridized carbons (Fsp3) is 0.300. The van der Waals surface area contributed by atoms with Crippen LogP contribution in [0.15, 0.2) is 48.5 Å². The highest BCUT2D eigenvalue weighted by molar-refractivity contribution is 5.97. The average molecular weight is 339 g/mol. The summed E-state index contributed by atoms with van der Waals surface area (Å²) in [7, 11) is 0. The summed E-state index contributed by atoms with van der Waals surface area (Å²) in [5.41, 5.74) is 2.41. The molecule has 1 aliphatic rings. The predicted octanol–water partition coefficient (Wildman–Crippen LogP) is 3.13. The van der Waals surface area contributed by atoms with Crippen molar-refractivity contribution < 1.29 is 19.4 Å². The summed E-state index contributed by atoms with van der Waals surface area (Å²) in [4.78, 5) is 26.1. The van der Waals surface area contributed by atoms with E-state index in [1.165, 1.54) is 4.90 Å². The van der Waals surface area contributed by atoms with Gasteiger partial charge >= 0.3 is 5.97 Å². The first-order valence-electron chi connectivity index (χ1n) is 8.33. The number of carboxylic acid groups (broad SMARTS) is 1. The Labute approximate surface area is 146 Å². The molecule has 2 aromatic rings. The number of hydrogen-bond donors (Lipinski definition) is 1. The number of carbonyl (C=O) groups is 2. The highest BCUT2D eigenvalue weighted by atomic mass is 16.5. The lowest BCUT2D eigenvalue weighted by Gasteiger charge is -2.34. The molecule has 1 atom stereocenters. The predicted molar refractivity (Wildman–Crippen MR) is 93.6 cm³/mol. The monoisotopic (exact) mass is 339 g/mol. The third kappa shape index (κ3) is 3.65. The number of ether oxygens (including phenoxy) is 1. The molecule has 3 rings (SSSR count). The molecule has 130 valence electrons. The van der Waals surface area contributed by atoms with Gasteiger partial charge in [0, 0.05) is 18.5 Å². The van der Waals surface area contributed by atoms with Crippen LogP contribution < -0.4 is 4.74 Å². The van der Waals surface area contributed by atoms with E-state index in [9.17, 15) is 14.7 Å². The van der Waals surface area contributed by atoms with Crippen LogP contribution in [0.3, 0.4) is 0 Å². The van der Waals surface area contributed by atoms with Gasteiger partial charge in [-0.2, -0.15) is 0 Å². The van der Waals surface area contributed by atoms with Crippen molar-refractivity contribution in [2.75, 3.05) is 0 Å². The second kappa shape index (κ2) is 6.97. The summed E-state index contributed by atoms with van der Waals surface area (Å²) >= 11 is 0. The molecular weight excluding hydrogens is 318 g/mol. The smallest absolute Gasteiger partial charge is 0.326 e. The van der Waals surface area contributed by atoms with Crippen LogP contribution >= 0.6 is 0 Å². The molecule has 0 saturated carbocycles. The minimum atomic E-state index is -0.988. The second-order valence-electron chi connectivity index (χ2n) is 6.45. The van der Waals surface area contributed by atoms with Gasteiger partial charge in [0.1, 0.15) is 11.8 Å². The Morgan fingerprint density at radius 1 is 1.12 bits per heavy atom. The summed E-state index contributed by atoms with van der Waals surface area (Å²) in [6, 6.07) is 13.7. The summed E-state index contributed by atoms with van der Waals surface area (Å²) in [6.45, 7) is 4.12. The Balaban J connectivity index is 1.91. The Hall–Kier alpha value is -2.82. The van der Waals surface area contributed by atoms with Gasteiger partial charge in [0.2, 0.25) is 0 Å². The number of hydrogen-bond acceptors (Lipinski definition) is 3. The maximum Gasteiger partial charge on any atom is 0.326 e. The molecule has 0 bridgehead atoms. The van der Waals surface area contributed by atoms with Gasteiger partial charge in [0.15, 0.2) is 0 Å². The van der Waals surface area contributed by atoms with Gasteiger partial charge in [-0.15, -0.1) is 0 Å². The zero-order chi connectivity index (χ0) is 18.0. The number of benzene rings is 2. The molecule has 1 N–H and O–H groups in total. The maximum absolute atomic E-state index is 13.0. The second-order valence-corrected chi connectivity index (χ2v) is 6.45. The topological polar surface area (TPSA) is 66.8 Å². The van der Waals surface area contributed by atoms with Crippen molar-refractivity contribution in [1.82, 2.24) is 4.90 Å². The van der Waals surface area contributed by atoms with E-state index < -0.39 is 12.0 Å². The van der Waals surface area contributed by atoms with Gasteiger partial charge in [-0.05, 0) is 43.2 Å². The largest absolute Gasteiger partial charge is 0.491 e. The van der Waals surface area contributed by atoms with Crippen LogP contribution in [0.1, 0.15) is 35.3 Å². The Kier molecular flexibility index (Phi) is 4.74. The van der Waals surface area contributed by atoms with Crippen molar-refractivity contribution in [3.63, 3.8) is 0 Å². The quantitative estimate of drug-likeness (QED) is 0.929. The van der Waals surface area contributed by atoms with Crippen molar-refractivity contribution in [3.05, 3.63) is 65.2 Å². The van der Waals surface area contributed by atoms with Crippen molar-refractivity contribution >= 4 is 11.9 Å². The van der Waals surface area contributed by atoms with E-state index in [2.05, 4.69) is 0 Å². The van der Waals surface area contributed by atoms with Crippen molar-refractivity contribution in [3.8, 4) is 5.75 Å². The highest BCUT2D eigenvalue weighted by Gasteiger charge is 2.34. The molecule has 25 heavy (non-hydrogen) atoms. The molecule has 0 aliphatic carbocycles. The first-order valence-corrected chi connectivity index (χ1v) is 8.33. The molecule has 1 heterocycles. The molecule has 2 aromatic carbocycles. The molecule has 0 radical (unpaired) electrons. The van der Waals surface area contributed by atoms with E-state index in [0.717, 1.165) is 11.1 Å². The summed E-state index contributed by atoms with van der Waals surface area (Å²) in [5.74, 6) is -0.682. The average Bonchev–Trinajstić information content (AvgIpc) is 2.59. The van der Waals surface area contributed by atoms with Crippen LogP contribution in [0.5, 0.6) is 5.75 Å². The highest BCUT2D eigenvalue weighted by Crippen LogP contribution is 2.26. The van der Waals surface area contributed by atoms with E-state index in [-0.39, 0.29) is 12.0 Å². The van der Waals surface area contributed by atoms with E-state index >= 15 is 0 Å². The van der Waals surface area contributed by atoms with Crippen LogP contribution in [0.25, 0.3) is 0 Å². The Morgan fingerprint density at radius 2 is 1.84 bits per heavy atom. The fourth-order valence-corrected chi connectivity index (χ4v) is 3.10. The van der Waals surface area contributed by atoms with Gasteiger partial charge in [-0.25, -0.2) is 4.79 Å². The molecule has 0 spiro atoms. The third-order valence-corrected chi connectivity index (χ3v) is 4.25. The van der Waals surface area contributed by atoms with Gasteiger partial charge in [-0.1, -0.05) is 30.3 Å². The SMILES string of the molecule is CC(C)Oc1cccc(C(=O)N2Cc3ccccc3C[C@H]2C(=O)O)c1. The number of rotatable bonds is 4. The van der Waals surface area contributed by atoms with Crippen LogP contribution in [0.2, 0.25) is 0 Å². The zero-order valence-electron chi connectivity index (χ0n) is 14.3. The number of fused-ring (bicyclic) bond motifs is 1. The van der Waals surface area contributed by atoms with Crippen LogP contribution in [-0.4, -0.2) is 34.0 Å². The number of nitrogens with zero attached hydrogens (tertiary/aromatic N) is 1. The molecule has 0 aromatic heterocycles. The maximum atomic E-state index is 13.0. The lowest BCUT2D eigenvalue weighted by molar-refractivity contribution is -0.142. The summed E-state index contributed by atoms with van der Waals surface area (Å²) < 4.78 is 5.64. The van der Waals surface area contributed by atoms with Gasteiger partial charge in [0.05, 0.1) is 6.10 Å². The summed E-state index contributed by atoms with van der Waals surface area (Å²) in [5, 5.41) is 9.58. The van der Waals surface area contributed by atoms with Crippen molar-refractivity contribution in [1.29, 1.82) is 0 Å². The van der Waals surface area contributed by atoms with Gasteiger partial charge in [-0.3, -0.25) is 4.79 Å². The molecule has 0 fully saturated rings. The standard InChI is InChI=1S/C20H21NO4/c1-13(2)25-17-9-5-8-15(10-17)19(22)21-12-16-7-4-3-6-14(16)11-18(21)20(23)24/h3-10,13,18H,11-12H2,1-2H3,(H,23,24)/t18-/m0/s1. The lowest BCUT2D eigenvalue weighted by atomic mass is 9.93. The normalized spacial score (nSPS) is 16.4. The fourth-order valence-electron chi connectivity index (χ4n) is 3.10. The van der Waals surface area contributed by atoms with Crippen LogP contribution in [0.4, 0.5) is 0 Å². The van der Waals surface area contributed by atoms with E-state index in [0.29, 0.717) is 24.3 Å². The Morgan fingerprint density at radius 3 is 2.52 bits per heavy atom. The van der Waals surface area contributed by atoms with Crippen LogP contribution in [0, 0.1) is 0 Å². The zero-order valence-corrected chi connectivity index (χ0v) is 14.3. The summed E-state index contributed by atoms with van der Waals surface area (Å²) in [6.07, 6.45) is 0.318. The molecule has 5 heteroatoms. The van der Waals surface area contributed by atoms with E-state index in [4.69, 9.17) is 4.74 Å². The van der Waals surface area contributed by atoms with E-state index in [1.807, 2.05) is 38.1 Å². The number of carboxylic acids is 1. The number of amides is 1. The first-order chi connectivity index (χ1) is 12.0. The van der Waals surface area contributed by atoms with E-state index in [1.54, 1.807) is 24.3 Å². The number of aliphatic carboxylic acids is 1. The van der Waals surface area contributed by atoms with Gasteiger partial charge in [0.25, 0.3) is 5.91 Å². The van der Waals surface area contributed by atoms with Crippen LogP contribution in [-0.2, 0) is 17.8 Å². The molecule has 5 nitrogen and oxygen atoms in total. The first kappa shape index (κ1) is 17.0. The van der Waals surface area contributed by atoms with Gasteiger partial charge < -0.3 is 14.7 Å². The molecule has 0 saturated heterocycles. The number of carbonyl (C=O) groups excluding carboxylic acids is 1. The molecule has 1 amide bonds. The molecule has 1 aliphatic heterocycles. The third-order valence-electron chi connectivity index (χ3n) is 4.25. The lowest BCUT2D eigenvalue weighted by Crippen LogP contribution is -2.48. The molecule has 0 unspecified atom stereocenters. The Bertz CT molecular complexity index is 800. The van der Waals surface area contributed by atoms with Crippen molar-refractivity contribution in [2.45, 2.75) is 39.0 Å².